The van der Waals surface area contributed by atoms with E-state index < -0.39 is 5.91 Å². The summed E-state index contributed by atoms with van der Waals surface area (Å²) in [6, 6.07) is 7.68. The Labute approximate surface area is 144 Å². The molecule has 132 valence electrons. The normalized spacial score (nSPS) is 17.4. The van der Waals surface area contributed by atoms with Gasteiger partial charge in [-0.2, -0.15) is 0 Å². The van der Waals surface area contributed by atoms with Crippen LogP contribution in [0, 0.1) is 0 Å². The molecule has 1 aliphatic rings. The van der Waals surface area contributed by atoms with Gasteiger partial charge in [0.15, 0.2) is 0 Å². The minimum absolute atomic E-state index is 0.111. The topological polar surface area (TPSA) is 78.7 Å². The molecule has 6 nitrogen and oxygen atoms in total. The predicted molar refractivity (Wildman–Crippen MR) is 94.6 cm³/mol. The van der Waals surface area contributed by atoms with E-state index in [1.165, 1.54) is 5.56 Å². The number of primary amides is 1. The lowest BCUT2D eigenvalue weighted by Gasteiger charge is -2.34. The summed E-state index contributed by atoms with van der Waals surface area (Å²) in [5.74, 6) is -0.286. The monoisotopic (exact) mass is 332 g/mol. The summed E-state index contributed by atoms with van der Waals surface area (Å²) in [5.41, 5.74) is 6.96. The van der Waals surface area contributed by atoms with Gasteiger partial charge in [0.25, 0.3) is 0 Å². The van der Waals surface area contributed by atoms with Gasteiger partial charge in [-0.05, 0) is 31.0 Å². The number of nitrogens with zero attached hydrogens (tertiary/aromatic N) is 2. The Bertz CT molecular complexity index is 551. The Balaban J connectivity index is 1.74. The second kappa shape index (κ2) is 8.80. The molecule has 1 atom stereocenters. The molecule has 0 aromatic heterocycles. The van der Waals surface area contributed by atoms with Crippen LogP contribution in [0.2, 0.25) is 0 Å². The van der Waals surface area contributed by atoms with Crippen molar-refractivity contribution in [1.29, 1.82) is 0 Å². The first-order valence-corrected chi connectivity index (χ1v) is 8.60. The number of benzene rings is 1. The molecule has 3 N–H and O–H groups in total. The molecule has 2 rings (SSSR count). The van der Waals surface area contributed by atoms with Gasteiger partial charge >= 0.3 is 0 Å². The fraction of sp³-hybridized carbons (Fsp3) is 0.556. The lowest BCUT2D eigenvalue weighted by atomic mass is 10.1. The molecule has 0 radical (unpaired) electrons. The zero-order valence-electron chi connectivity index (χ0n) is 14.6. The van der Waals surface area contributed by atoms with Gasteiger partial charge in [0.1, 0.15) is 0 Å². The number of carbonyl (C=O) groups excluding carboxylic acids is 2. The third-order valence-corrected chi connectivity index (χ3v) is 4.50. The van der Waals surface area contributed by atoms with Crippen molar-refractivity contribution in [3.63, 3.8) is 0 Å². The molecule has 1 heterocycles. The first-order chi connectivity index (χ1) is 11.5. The Morgan fingerprint density at radius 2 is 1.71 bits per heavy atom. The zero-order chi connectivity index (χ0) is 17.5. The number of piperazine rings is 1. The molecular weight excluding hydrogens is 304 g/mol. The molecule has 0 bridgehead atoms. The maximum Gasteiger partial charge on any atom is 0.248 e. The average Bonchev–Trinajstić information content (AvgIpc) is 2.57. The Kier molecular flexibility index (Phi) is 6.75. The van der Waals surface area contributed by atoms with Crippen molar-refractivity contribution < 1.29 is 9.59 Å². The number of nitrogens with two attached hydrogens (primary N) is 1. The van der Waals surface area contributed by atoms with E-state index >= 15 is 0 Å². The summed E-state index contributed by atoms with van der Waals surface area (Å²) in [7, 11) is 0. The minimum Gasteiger partial charge on any atom is -0.366 e. The quantitative estimate of drug-likeness (QED) is 0.775. The summed E-state index contributed by atoms with van der Waals surface area (Å²) in [6.45, 7) is 9.10. The lowest BCUT2D eigenvalue weighted by molar-refractivity contribution is -0.123. The van der Waals surface area contributed by atoms with Crippen molar-refractivity contribution >= 4 is 11.8 Å². The van der Waals surface area contributed by atoms with Crippen LogP contribution < -0.4 is 11.1 Å². The standard InChI is InChI=1S/C18H28N4O2/c1-3-14(2)20-17(23)13-22-10-8-21(9-11-22)12-15-4-6-16(7-5-15)18(19)24/h4-7,14H,3,8-13H2,1-2H3,(H2,19,24)(H,20,23). The number of carbonyl (C=O) groups is 2. The van der Waals surface area contributed by atoms with E-state index in [0.29, 0.717) is 12.1 Å². The fourth-order valence-corrected chi connectivity index (χ4v) is 2.76. The molecule has 1 saturated heterocycles. The highest BCUT2D eigenvalue weighted by Gasteiger charge is 2.19. The van der Waals surface area contributed by atoms with Crippen LogP contribution in [0.15, 0.2) is 24.3 Å². The van der Waals surface area contributed by atoms with Crippen molar-refractivity contribution in [2.75, 3.05) is 32.7 Å². The third kappa shape index (κ3) is 5.62. The van der Waals surface area contributed by atoms with Crippen LogP contribution in [0.1, 0.15) is 36.2 Å². The summed E-state index contributed by atoms with van der Waals surface area (Å²) in [4.78, 5) is 27.6. The zero-order valence-corrected chi connectivity index (χ0v) is 14.6. The van der Waals surface area contributed by atoms with Crippen molar-refractivity contribution in [2.45, 2.75) is 32.9 Å². The second-order valence-electron chi connectivity index (χ2n) is 6.49. The molecule has 1 unspecified atom stereocenters. The van der Waals surface area contributed by atoms with E-state index in [0.717, 1.165) is 39.1 Å². The van der Waals surface area contributed by atoms with Gasteiger partial charge in [-0.1, -0.05) is 19.1 Å². The van der Waals surface area contributed by atoms with Gasteiger partial charge in [-0.25, -0.2) is 0 Å². The molecule has 2 amide bonds. The van der Waals surface area contributed by atoms with Crippen LogP contribution >= 0.6 is 0 Å². The summed E-state index contributed by atoms with van der Waals surface area (Å²) in [6.07, 6.45) is 0.952. The SMILES string of the molecule is CCC(C)NC(=O)CN1CCN(Cc2ccc(C(N)=O)cc2)CC1. The Morgan fingerprint density at radius 1 is 1.12 bits per heavy atom. The average molecular weight is 332 g/mol. The van der Waals surface area contributed by atoms with E-state index in [2.05, 4.69) is 22.0 Å². The fourth-order valence-electron chi connectivity index (χ4n) is 2.76. The molecule has 0 spiro atoms. The van der Waals surface area contributed by atoms with Gasteiger partial charge < -0.3 is 11.1 Å². The molecule has 6 heteroatoms. The van der Waals surface area contributed by atoms with Crippen LogP contribution in [-0.2, 0) is 11.3 Å². The molecule has 0 aliphatic carbocycles. The van der Waals surface area contributed by atoms with Gasteiger partial charge in [0.05, 0.1) is 6.54 Å². The van der Waals surface area contributed by atoms with Crippen molar-refractivity contribution in [1.82, 2.24) is 15.1 Å². The predicted octanol–water partition coefficient (Wildman–Crippen LogP) is 0.818. The van der Waals surface area contributed by atoms with Crippen LogP contribution in [0.4, 0.5) is 0 Å². The highest BCUT2D eigenvalue weighted by molar-refractivity contribution is 5.92. The first kappa shape index (κ1) is 18.4. The van der Waals surface area contributed by atoms with Crippen molar-refractivity contribution in [3.05, 3.63) is 35.4 Å². The maximum absolute atomic E-state index is 11.9. The van der Waals surface area contributed by atoms with Crippen LogP contribution in [0.3, 0.4) is 0 Å². The lowest BCUT2D eigenvalue weighted by Crippen LogP contribution is -2.49. The van der Waals surface area contributed by atoms with Gasteiger partial charge in [0, 0.05) is 44.3 Å². The smallest absolute Gasteiger partial charge is 0.248 e. The maximum atomic E-state index is 11.9. The largest absolute Gasteiger partial charge is 0.366 e. The van der Waals surface area contributed by atoms with E-state index in [1.54, 1.807) is 12.1 Å². The summed E-state index contributed by atoms with van der Waals surface area (Å²) >= 11 is 0. The van der Waals surface area contributed by atoms with E-state index in [1.807, 2.05) is 19.1 Å². The molecule has 24 heavy (non-hydrogen) atoms. The highest BCUT2D eigenvalue weighted by atomic mass is 16.2. The highest BCUT2D eigenvalue weighted by Crippen LogP contribution is 2.10. The molecule has 0 saturated carbocycles. The van der Waals surface area contributed by atoms with Crippen LogP contribution in [-0.4, -0.2) is 60.4 Å². The summed E-state index contributed by atoms with van der Waals surface area (Å²) in [5, 5.41) is 3.01. The molecule has 1 aromatic rings. The first-order valence-electron chi connectivity index (χ1n) is 8.60. The summed E-state index contributed by atoms with van der Waals surface area (Å²) < 4.78 is 0. The van der Waals surface area contributed by atoms with Crippen LogP contribution in [0.5, 0.6) is 0 Å². The number of amides is 2. The Morgan fingerprint density at radius 3 is 2.25 bits per heavy atom. The minimum atomic E-state index is -0.397. The molecule has 1 fully saturated rings. The van der Waals surface area contributed by atoms with E-state index in [9.17, 15) is 9.59 Å². The number of nitrogens with one attached hydrogen (secondary N) is 1. The number of hydrogen-bond acceptors (Lipinski definition) is 4. The number of rotatable bonds is 7. The van der Waals surface area contributed by atoms with E-state index in [-0.39, 0.29) is 11.9 Å². The van der Waals surface area contributed by atoms with Crippen molar-refractivity contribution in [2.24, 2.45) is 5.73 Å². The van der Waals surface area contributed by atoms with Gasteiger partial charge in [-0.15, -0.1) is 0 Å². The number of hydrogen-bond donors (Lipinski definition) is 2. The Hall–Kier alpha value is -1.92. The molecular formula is C18H28N4O2. The molecule has 1 aliphatic heterocycles. The van der Waals surface area contributed by atoms with Crippen LogP contribution in [0.25, 0.3) is 0 Å². The van der Waals surface area contributed by atoms with Gasteiger partial charge in [-0.3, -0.25) is 19.4 Å². The van der Waals surface area contributed by atoms with Crippen molar-refractivity contribution in [3.8, 4) is 0 Å². The molecule has 1 aromatic carbocycles. The third-order valence-electron chi connectivity index (χ3n) is 4.50. The van der Waals surface area contributed by atoms with Gasteiger partial charge in [0.2, 0.25) is 11.8 Å². The second-order valence-corrected chi connectivity index (χ2v) is 6.49. The van der Waals surface area contributed by atoms with E-state index in [4.69, 9.17) is 5.73 Å².